The molecule has 40 heavy (non-hydrogen) atoms. The van der Waals surface area contributed by atoms with Crippen LogP contribution in [0.3, 0.4) is 0 Å². The fourth-order valence-corrected chi connectivity index (χ4v) is 5.02. The zero-order valence-electron chi connectivity index (χ0n) is 22.0. The molecule has 0 N–H and O–H groups in total. The SMILES string of the molecule is COc1ccc(-n2cc(-c3ccccc3)c3c(N4CCN(C(=O)COc5ccccc5F)CC4)ncnc32)cc1. The van der Waals surface area contributed by atoms with Crippen molar-refractivity contribution < 1.29 is 18.7 Å². The Kier molecular flexibility index (Phi) is 7.01. The van der Waals surface area contributed by atoms with E-state index >= 15 is 0 Å². The standard InChI is InChI=1S/C31H28FN5O3/c1-39-24-13-11-23(12-14-24)37-19-25(22-7-3-2-4-8-22)29-30(33-21-34-31(29)37)36-17-15-35(16-18-36)28(38)20-40-27-10-6-5-9-26(27)32/h2-14,19,21H,15-18,20H2,1H3. The number of anilines is 1. The van der Waals surface area contributed by atoms with E-state index in [9.17, 15) is 9.18 Å². The average Bonchev–Trinajstić information content (AvgIpc) is 3.41. The summed E-state index contributed by atoms with van der Waals surface area (Å²) in [6.45, 7) is 2.00. The number of hydrogen-bond acceptors (Lipinski definition) is 6. The van der Waals surface area contributed by atoms with Gasteiger partial charge in [0.1, 0.15) is 17.9 Å². The largest absolute Gasteiger partial charge is 0.497 e. The molecule has 202 valence electrons. The van der Waals surface area contributed by atoms with Crippen molar-refractivity contribution >= 4 is 22.8 Å². The Hall–Kier alpha value is -4.92. The quantitative estimate of drug-likeness (QED) is 0.292. The summed E-state index contributed by atoms with van der Waals surface area (Å²) < 4.78 is 26.7. The van der Waals surface area contributed by atoms with E-state index in [2.05, 4.69) is 32.8 Å². The van der Waals surface area contributed by atoms with E-state index in [1.54, 1.807) is 30.5 Å². The number of carbonyl (C=O) groups is 1. The van der Waals surface area contributed by atoms with Crippen LogP contribution in [0.1, 0.15) is 0 Å². The maximum Gasteiger partial charge on any atom is 0.260 e. The molecule has 1 fully saturated rings. The number of nitrogens with zero attached hydrogens (tertiary/aromatic N) is 5. The average molecular weight is 538 g/mol. The summed E-state index contributed by atoms with van der Waals surface area (Å²) in [6, 6.07) is 24.1. The molecule has 5 aromatic rings. The van der Waals surface area contributed by atoms with Crippen LogP contribution in [0.2, 0.25) is 0 Å². The van der Waals surface area contributed by atoms with Crippen LogP contribution in [-0.4, -0.2) is 65.2 Å². The molecule has 6 rings (SSSR count). The molecule has 2 aromatic heterocycles. The number of hydrogen-bond donors (Lipinski definition) is 0. The lowest BCUT2D eigenvalue weighted by atomic mass is 10.1. The predicted octanol–water partition coefficient (Wildman–Crippen LogP) is 4.96. The number of para-hydroxylation sites is 1. The minimum atomic E-state index is -0.483. The first-order valence-corrected chi connectivity index (χ1v) is 13.1. The van der Waals surface area contributed by atoms with Gasteiger partial charge in [-0.25, -0.2) is 14.4 Å². The molecule has 1 saturated heterocycles. The zero-order valence-corrected chi connectivity index (χ0v) is 22.0. The van der Waals surface area contributed by atoms with Crippen LogP contribution in [0, 0.1) is 5.82 Å². The summed E-state index contributed by atoms with van der Waals surface area (Å²) in [5.74, 6) is 1.03. The van der Waals surface area contributed by atoms with Gasteiger partial charge in [-0.3, -0.25) is 4.79 Å². The minimum Gasteiger partial charge on any atom is -0.497 e. The molecule has 3 aromatic carbocycles. The summed E-state index contributed by atoms with van der Waals surface area (Å²) in [7, 11) is 1.65. The van der Waals surface area contributed by atoms with Crippen LogP contribution in [0.25, 0.3) is 27.8 Å². The van der Waals surface area contributed by atoms with Gasteiger partial charge in [0, 0.05) is 43.6 Å². The van der Waals surface area contributed by atoms with Crippen LogP contribution in [-0.2, 0) is 4.79 Å². The second-order valence-corrected chi connectivity index (χ2v) is 9.46. The highest BCUT2D eigenvalue weighted by molar-refractivity contribution is 6.02. The van der Waals surface area contributed by atoms with Crippen molar-refractivity contribution in [2.45, 2.75) is 0 Å². The first kappa shape index (κ1) is 25.4. The van der Waals surface area contributed by atoms with E-state index in [1.807, 2.05) is 42.5 Å². The predicted molar refractivity (Wildman–Crippen MR) is 152 cm³/mol. The summed E-state index contributed by atoms with van der Waals surface area (Å²) in [5.41, 5.74) is 3.85. The summed E-state index contributed by atoms with van der Waals surface area (Å²) in [6.07, 6.45) is 3.69. The molecule has 0 aliphatic carbocycles. The Labute approximate surface area is 231 Å². The number of rotatable bonds is 7. The van der Waals surface area contributed by atoms with Crippen molar-refractivity contribution in [3.8, 4) is 28.3 Å². The maximum atomic E-state index is 13.9. The number of amides is 1. The van der Waals surface area contributed by atoms with Crippen molar-refractivity contribution in [3.05, 3.63) is 97.2 Å². The number of carbonyl (C=O) groups excluding carboxylic acids is 1. The third kappa shape index (κ3) is 4.93. The van der Waals surface area contributed by atoms with E-state index in [0.717, 1.165) is 39.4 Å². The summed E-state index contributed by atoms with van der Waals surface area (Å²) >= 11 is 0. The third-order valence-electron chi connectivity index (χ3n) is 7.12. The molecule has 1 amide bonds. The lowest BCUT2D eigenvalue weighted by Gasteiger charge is -2.35. The van der Waals surface area contributed by atoms with Gasteiger partial charge in [-0.15, -0.1) is 0 Å². The number of halogens is 1. The van der Waals surface area contributed by atoms with Crippen LogP contribution in [0.15, 0.2) is 91.4 Å². The summed E-state index contributed by atoms with van der Waals surface area (Å²) in [5, 5.41) is 0.951. The zero-order chi connectivity index (χ0) is 27.5. The van der Waals surface area contributed by atoms with Gasteiger partial charge in [-0.2, -0.15) is 0 Å². The van der Waals surface area contributed by atoms with Crippen molar-refractivity contribution in [2.75, 3.05) is 44.8 Å². The molecule has 1 aliphatic rings. The van der Waals surface area contributed by atoms with Crippen LogP contribution in [0.4, 0.5) is 10.2 Å². The molecule has 0 bridgehead atoms. The molecule has 1 aliphatic heterocycles. The monoisotopic (exact) mass is 537 g/mol. The molecule has 0 radical (unpaired) electrons. The number of aromatic nitrogens is 3. The van der Waals surface area contributed by atoms with E-state index in [4.69, 9.17) is 14.5 Å². The van der Waals surface area contributed by atoms with Gasteiger partial charge in [0.15, 0.2) is 23.8 Å². The first-order valence-electron chi connectivity index (χ1n) is 13.1. The Bertz CT molecular complexity index is 1630. The van der Waals surface area contributed by atoms with Crippen molar-refractivity contribution in [3.63, 3.8) is 0 Å². The van der Waals surface area contributed by atoms with Gasteiger partial charge in [-0.1, -0.05) is 42.5 Å². The summed E-state index contributed by atoms with van der Waals surface area (Å²) in [4.78, 5) is 26.1. The van der Waals surface area contributed by atoms with Crippen LogP contribution >= 0.6 is 0 Å². The third-order valence-corrected chi connectivity index (χ3v) is 7.12. The van der Waals surface area contributed by atoms with Gasteiger partial charge in [-0.05, 0) is 42.0 Å². The molecular formula is C31H28FN5O3. The molecule has 3 heterocycles. The number of benzene rings is 3. The van der Waals surface area contributed by atoms with Gasteiger partial charge in [0.25, 0.3) is 5.91 Å². The fraction of sp³-hybridized carbons (Fsp3) is 0.194. The van der Waals surface area contributed by atoms with E-state index in [0.29, 0.717) is 26.2 Å². The molecular weight excluding hydrogens is 509 g/mol. The van der Waals surface area contributed by atoms with Crippen molar-refractivity contribution in [2.24, 2.45) is 0 Å². The molecule has 0 saturated carbocycles. The van der Waals surface area contributed by atoms with E-state index < -0.39 is 5.82 Å². The highest BCUT2D eigenvalue weighted by Gasteiger charge is 2.26. The van der Waals surface area contributed by atoms with Gasteiger partial charge < -0.3 is 23.8 Å². The lowest BCUT2D eigenvalue weighted by molar-refractivity contribution is -0.133. The van der Waals surface area contributed by atoms with Crippen molar-refractivity contribution in [1.82, 2.24) is 19.4 Å². The van der Waals surface area contributed by atoms with E-state index in [1.165, 1.54) is 12.1 Å². The second-order valence-electron chi connectivity index (χ2n) is 9.46. The van der Waals surface area contributed by atoms with Gasteiger partial charge in [0.05, 0.1) is 12.5 Å². The van der Waals surface area contributed by atoms with Crippen LogP contribution < -0.4 is 14.4 Å². The lowest BCUT2D eigenvalue weighted by Crippen LogP contribution is -2.50. The Morgan fingerprint density at radius 1 is 0.900 bits per heavy atom. The molecule has 8 nitrogen and oxygen atoms in total. The highest BCUT2D eigenvalue weighted by Crippen LogP contribution is 2.37. The smallest absolute Gasteiger partial charge is 0.260 e. The Morgan fingerprint density at radius 2 is 1.62 bits per heavy atom. The number of fused-ring (bicyclic) bond motifs is 1. The topological polar surface area (TPSA) is 72.7 Å². The van der Waals surface area contributed by atoms with Crippen LogP contribution in [0.5, 0.6) is 11.5 Å². The normalized spacial score (nSPS) is 13.4. The minimum absolute atomic E-state index is 0.0766. The number of piperazine rings is 1. The van der Waals surface area contributed by atoms with E-state index in [-0.39, 0.29) is 18.3 Å². The number of methoxy groups -OCH3 is 1. The molecule has 0 spiro atoms. The highest BCUT2D eigenvalue weighted by atomic mass is 19.1. The fourth-order valence-electron chi connectivity index (χ4n) is 5.02. The van der Waals surface area contributed by atoms with Crippen molar-refractivity contribution in [1.29, 1.82) is 0 Å². The Balaban J connectivity index is 1.27. The molecule has 0 atom stereocenters. The van der Waals surface area contributed by atoms with Gasteiger partial charge in [0.2, 0.25) is 0 Å². The number of ether oxygens (including phenoxy) is 2. The molecule has 0 unspecified atom stereocenters. The Morgan fingerprint density at radius 3 is 2.35 bits per heavy atom. The maximum absolute atomic E-state index is 13.9. The molecule has 9 heteroatoms. The van der Waals surface area contributed by atoms with Gasteiger partial charge >= 0.3 is 0 Å². The second kappa shape index (κ2) is 11.1. The first-order chi connectivity index (χ1) is 19.6.